The quantitative estimate of drug-likeness (QED) is 0.180. The summed E-state index contributed by atoms with van der Waals surface area (Å²) in [6, 6.07) is -3.23. The van der Waals surface area contributed by atoms with E-state index in [0.717, 1.165) is 0 Å². The lowest BCUT2D eigenvalue weighted by Crippen LogP contribution is -2.57. The van der Waals surface area contributed by atoms with Crippen molar-refractivity contribution < 1.29 is 34.2 Å². The van der Waals surface area contributed by atoms with Gasteiger partial charge in [0.05, 0.1) is 6.04 Å². The van der Waals surface area contributed by atoms with Crippen LogP contribution in [0.15, 0.2) is 0 Å². The third-order valence-corrected chi connectivity index (χ3v) is 3.87. The summed E-state index contributed by atoms with van der Waals surface area (Å²) in [6.07, 6.45) is -0.671. The molecule has 0 aromatic carbocycles. The Hall–Kier alpha value is -2.34. The minimum absolute atomic E-state index is 0.0666. The lowest BCUT2D eigenvalue weighted by atomic mass is 10.0. The van der Waals surface area contributed by atoms with Crippen molar-refractivity contribution in [3.8, 4) is 0 Å². The number of carbonyl (C=O) groups is 5. The van der Waals surface area contributed by atoms with E-state index in [-0.39, 0.29) is 18.1 Å². The van der Waals surface area contributed by atoms with Crippen molar-refractivity contribution in [2.24, 2.45) is 11.7 Å². The van der Waals surface area contributed by atoms with E-state index in [4.69, 9.17) is 15.9 Å². The molecular formula is C15H26N4O7S. The van der Waals surface area contributed by atoms with E-state index in [1.54, 1.807) is 13.8 Å². The first-order valence-electron chi connectivity index (χ1n) is 8.18. The summed E-state index contributed by atoms with van der Waals surface area (Å²) in [5.74, 6) is -4.93. The molecule has 0 aromatic heterocycles. The number of nitrogens with two attached hydrogens (primary N) is 1. The van der Waals surface area contributed by atoms with Gasteiger partial charge in [0.25, 0.3) is 0 Å². The molecule has 27 heavy (non-hydrogen) atoms. The number of rotatable bonds is 12. The number of hydrogen-bond acceptors (Lipinski definition) is 7. The number of carbonyl (C=O) groups excluding carboxylic acids is 3. The molecule has 3 unspecified atom stereocenters. The maximum atomic E-state index is 12.5. The Morgan fingerprint density at radius 3 is 2.00 bits per heavy atom. The minimum atomic E-state index is -1.29. The summed E-state index contributed by atoms with van der Waals surface area (Å²) >= 11 is 3.91. The van der Waals surface area contributed by atoms with Gasteiger partial charge in [0.1, 0.15) is 18.6 Å². The Morgan fingerprint density at radius 2 is 1.56 bits per heavy atom. The zero-order valence-electron chi connectivity index (χ0n) is 15.1. The second kappa shape index (κ2) is 12.1. The van der Waals surface area contributed by atoms with E-state index in [1.165, 1.54) is 0 Å². The molecule has 0 rings (SSSR count). The van der Waals surface area contributed by atoms with Gasteiger partial charge in [-0.15, -0.1) is 0 Å². The van der Waals surface area contributed by atoms with Crippen molar-refractivity contribution >= 4 is 42.3 Å². The number of aliphatic carboxylic acids is 2. The lowest BCUT2D eigenvalue weighted by Gasteiger charge is -2.25. The number of nitrogens with one attached hydrogen (secondary N) is 3. The molecule has 7 N–H and O–H groups in total. The third kappa shape index (κ3) is 9.80. The summed E-state index contributed by atoms with van der Waals surface area (Å²) in [6.45, 7) is 2.64. The molecule has 0 bridgehead atoms. The summed E-state index contributed by atoms with van der Waals surface area (Å²) in [4.78, 5) is 57.8. The van der Waals surface area contributed by atoms with E-state index in [1.807, 2.05) is 0 Å². The highest BCUT2D eigenvalue weighted by Gasteiger charge is 2.30. The molecule has 0 aliphatic heterocycles. The van der Waals surface area contributed by atoms with Crippen LogP contribution in [0.1, 0.15) is 26.7 Å². The maximum absolute atomic E-state index is 12.5. The normalized spacial score (nSPS) is 14.0. The van der Waals surface area contributed by atoms with Crippen molar-refractivity contribution in [2.75, 3.05) is 12.3 Å². The smallest absolute Gasteiger partial charge is 0.322 e. The molecule has 3 atom stereocenters. The predicted octanol–water partition coefficient (Wildman–Crippen LogP) is -2.07. The van der Waals surface area contributed by atoms with E-state index in [9.17, 15) is 24.0 Å². The standard InChI is InChI=1S/C15H26N4O7S/c1-7(2)12(19-13(24)8(16)6-27)15(26)18-9(3-4-10(20)21)14(25)17-5-11(22)23/h7-9,12,27H,3-6,16H2,1-2H3,(H,17,25)(H,18,26)(H,19,24)(H,20,21)(H,22,23). The van der Waals surface area contributed by atoms with Gasteiger partial charge in [-0.05, 0) is 12.3 Å². The molecule has 0 aliphatic carbocycles. The van der Waals surface area contributed by atoms with Crippen molar-refractivity contribution in [3.63, 3.8) is 0 Å². The fraction of sp³-hybridized carbons (Fsp3) is 0.667. The van der Waals surface area contributed by atoms with Gasteiger partial charge >= 0.3 is 11.9 Å². The van der Waals surface area contributed by atoms with Crippen molar-refractivity contribution in [1.82, 2.24) is 16.0 Å². The van der Waals surface area contributed by atoms with Gasteiger partial charge in [-0.1, -0.05) is 13.8 Å². The molecule has 0 aliphatic rings. The summed E-state index contributed by atoms with van der Waals surface area (Å²) in [7, 11) is 0. The van der Waals surface area contributed by atoms with Crippen LogP contribution in [0.5, 0.6) is 0 Å². The summed E-state index contributed by atoms with van der Waals surface area (Å²) in [5, 5.41) is 24.3. The molecule has 154 valence electrons. The van der Waals surface area contributed by atoms with Crippen LogP contribution in [0.3, 0.4) is 0 Å². The second-order valence-corrected chi connectivity index (χ2v) is 6.49. The predicted molar refractivity (Wildman–Crippen MR) is 98.0 cm³/mol. The fourth-order valence-corrected chi connectivity index (χ4v) is 2.13. The summed E-state index contributed by atoms with van der Waals surface area (Å²) < 4.78 is 0. The van der Waals surface area contributed by atoms with Gasteiger partial charge in [0.15, 0.2) is 0 Å². The minimum Gasteiger partial charge on any atom is -0.481 e. The number of hydrogen-bond donors (Lipinski definition) is 7. The molecule has 0 saturated carbocycles. The SMILES string of the molecule is CC(C)C(NC(=O)C(N)CS)C(=O)NC(CCC(=O)O)C(=O)NCC(=O)O. The number of carboxylic acid groups (broad SMARTS) is 2. The van der Waals surface area contributed by atoms with Crippen LogP contribution in [0.25, 0.3) is 0 Å². The van der Waals surface area contributed by atoms with Crippen molar-refractivity contribution in [3.05, 3.63) is 0 Å². The maximum Gasteiger partial charge on any atom is 0.322 e. The highest BCUT2D eigenvalue weighted by atomic mass is 32.1. The zero-order chi connectivity index (χ0) is 21.1. The lowest BCUT2D eigenvalue weighted by molar-refractivity contribution is -0.140. The Morgan fingerprint density at radius 1 is 0.963 bits per heavy atom. The number of thiol groups is 1. The topological polar surface area (TPSA) is 188 Å². The van der Waals surface area contributed by atoms with Gasteiger partial charge in [-0.3, -0.25) is 24.0 Å². The number of carboxylic acids is 2. The van der Waals surface area contributed by atoms with Crippen molar-refractivity contribution in [1.29, 1.82) is 0 Å². The monoisotopic (exact) mass is 406 g/mol. The van der Waals surface area contributed by atoms with E-state index in [2.05, 4.69) is 28.6 Å². The fourth-order valence-electron chi connectivity index (χ4n) is 1.96. The van der Waals surface area contributed by atoms with Crippen LogP contribution in [0.4, 0.5) is 0 Å². The van der Waals surface area contributed by atoms with Gasteiger partial charge in [0, 0.05) is 12.2 Å². The van der Waals surface area contributed by atoms with Crippen molar-refractivity contribution in [2.45, 2.75) is 44.8 Å². The third-order valence-electron chi connectivity index (χ3n) is 3.47. The average molecular weight is 406 g/mol. The van der Waals surface area contributed by atoms with Crippen LogP contribution in [0.2, 0.25) is 0 Å². The zero-order valence-corrected chi connectivity index (χ0v) is 16.0. The van der Waals surface area contributed by atoms with Crippen LogP contribution in [0, 0.1) is 5.92 Å². The molecule has 0 spiro atoms. The first-order chi connectivity index (χ1) is 12.5. The first kappa shape index (κ1) is 24.7. The van der Waals surface area contributed by atoms with Crippen LogP contribution in [-0.2, 0) is 24.0 Å². The highest BCUT2D eigenvalue weighted by Crippen LogP contribution is 2.05. The molecule has 0 aromatic rings. The molecule has 11 nitrogen and oxygen atoms in total. The van der Waals surface area contributed by atoms with Gasteiger partial charge in [-0.25, -0.2) is 0 Å². The Labute approximate surface area is 161 Å². The molecular weight excluding hydrogens is 380 g/mol. The Bertz CT molecular complexity index is 570. The van der Waals surface area contributed by atoms with E-state index in [0.29, 0.717) is 0 Å². The van der Waals surface area contributed by atoms with Gasteiger partial charge in [-0.2, -0.15) is 12.6 Å². The number of amides is 3. The molecule has 3 amide bonds. The molecule has 0 heterocycles. The summed E-state index contributed by atoms with van der Waals surface area (Å²) in [5.41, 5.74) is 5.56. The highest BCUT2D eigenvalue weighted by molar-refractivity contribution is 7.80. The van der Waals surface area contributed by atoms with E-state index < -0.39 is 60.8 Å². The van der Waals surface area contributed by atoms with Gasteiger partial charge < -0.3 is 31.9 Å². The Balaban J connectivity index is 5.17. The first-order valence-corrected chi connectivity index (χ1v) is 8.81. The Kier molecular flexibility index (Phi) is 11.1. The molecule has 0 saturated heterocycles. The van der Waals surface area contributed by atoms with Crippen LogP contribution < -0.4 is 21.7 Å². The van der Waals surface area contributed by atoms with Crippen LogP contribution >= 0.6 is 12.6 Å². The van der Waals surface area contributed by atoms with Crippen LogP contribution in [-0.4, -0.2) is 70.3 Å². The molecule has 0 fully saturated rings. The van der Waals surface area contributed by atoms with E-state index >= 15 is 0 Å². The molecule has 12 heteroatoms. The van der Waals surface area contributed by atoms with Gasteiger partial charge in [0.2, 0.25) is 17.7 Å². The largest absolute Gasteiger partial charge is 0.481 e. The second-order valence-electron chi connectivity index (χ2n) is 6.12. The molecule has 0 radical (unpaired) electrons. The average Bonchev–Trinajstić information content (AvgIpc) is 2.59.